The molecule has 0 fully saturated rings. The van der Waals surface area contributed by atoms with E-state index in [0.717, 1.165) is 5.56 Å². The van der Waals surface area contributed by atoms with Crippen molar-refractivity contribution in [2.45, 2.75) is 13.3 Å². The molecule has 1 aromatic carbocycles. The van der Waals surface area contributed by atoms with Crippen LogP contribution in [-0.2, 0) is 9.59 Å². The van der Waals surface area contributed by atoms with E-state index in [2.05, 4.69) is 0 Å². The Labute approximate surface area is 92.8 Å². The second-order valence-electron chi connectivity index (χ2n) is 3.35. The molecule has 0 aliphatic heterocycles. The van der Waals surface area contributed by atoms with Gasteiger partial charge in [-0.1, -0.05) is 30.3 Å². The SMILES string of the molecule is CC(=C(CC(=O)O)C(=O)O)c1ccccc1. The van der Waals surface area contributed by atoms with Gasteiger partial charge >= 0.3 is 11.9 Å². The number of benzene rings is 1. The third kappa shape index (κ3) is 2.95. The summed E-state index contributed by atoms with van der Waals surface area (Å²) in [4.78, 5) is 21.5. The van der Waals surface area contributed by atoms with Gasteiger partial charge in [-0.2, -0.15) is 0 Å². The molecule has 0 unspecified atom stereocenters. The predicted octanol–water partition coefficient (Wildman–Crippen LogP) is 2.02. The normalized spacial score (nSPS) is 11.8. The van der Waals surface area contributed by atoms with Crippen molar-refractivity contribution in [2.24, 2.45) is 0 Å². The number of aliphatic carboxylic acids is 2. The molecule has 0 aromatic heterocycles. The summed E-state index contributed by atoms with van der Waals surface area (Å²) in [5.74, 6) is -2.34. The first-order valence-corrected chi connectivity index (χ1v) is 4.72. The van der Waals surface area contributed by atoms with Crippen LogP contribution in [0.4, 0.5) is 0 Å². The Morgan fingerprint density at radius 1 is 1.12 bits per heavy atom. The maximum absolute atomic E-state index is 10.9. The number of rotatable bonds is 4. The highest BCUT2D eigenvalue weighted by Gasteiger charge is 2.15. The van der Waals surface area contributed by atoms with E-state index in [1.165, 1.54) is 0 Å². The Kier molecular flexibility index (Phi) is 3.83. The number of hydrogen-bond donors (Lipinski definition) is 2. The van der Waals surface area contributed by atoms with Crippen molar-refractivity contribution >= 4 is 17.5 Å². The van der Waals surface area contributed by atoms with Gasteiger partial charge in [-0.05, 0) is 18.1 Å². The van der Waals surface area contributed by atoms with Gasteiger partial charge in [-0.25, -0.2) is 4.79 Å². The van der Waals surface area contributed by atoms with E-state index < -0.39 is 18.4 Å². The molecule has 0 atom stereocenters. The first-order chi connectivity index (χ1) is 7.52. The Morgan fingerprint density at radius 2 is 1.69 bits per heavy atom. The summed E-state index contributed by atoms with van der Waals surface area (Å²) < 4.78 is 0. The Hall–Kier alpha value is -2.10. The van der Waals surface area contributed by atoms with Crippen LogP contribution in [0.1, 0.15) is 18.9 Å². The van der Waals surface area contributed by atoms with E-state index in [1.807, 2.05) is 6.07 Å². The zero-order valence-electron chi connectivity index (χ0n) is 8.80. The lowest BCUT2D eigenvalue weighted by Gasteiger charge is -2.06. The van der Waals surface area contributed by atoms with E-state index in [0.29, 0.717) is 5.57 Å². The molecule has 0 amide bonds. The number of hydrogen-bond acceptors (Lipinski definition) is 2. The van der Waals surface area contributed by atoms with Gasteiger partial charge in [-0.3, -0.25) is 4.79 Å². The van der Waals surface area contributed by atoms with Crippen molar-refractivity contribution in [3.05, 3.63) is 41.5 Å². The van der Waals surface area contributed by atoms with Gasteiger partial charge in [0.05, 0.1) is 12.0 Å². The monoisotopic (exact) mass is 220 g/mol. The predicted molar refractivity (Wildman–Crippen MR) is 58.9 cm³/mol. The standard InChI is InChI=1S/C12H12O4/c1-8(9-5-3-2-4-6-9)10(12(15)16)7-11(13)14/h2-6H,7H2,1H3,(H,13,14)(H,15,16). The van der Waals surface area contributed by atoms with Crippen LogP contribution in [0.15, 0.2) is 35.9 Å². The molecule has 0 bridgehead atoms. The summed E-state index contributed by atoms with van der Waals surface area (Å²) in [6.45, 7) is 1.61. The first-order valence-electron chi connectivity index (χ1n) is 4.72. The van der Waals surface area contributed by atoms with E-state index in [4.69, 9.17) is 10.2 Å². The van der Waals surface area contributed by atoms with E-state index in [-0.39, 0.29) is 5.57 Å². The van der Waals surface area contributed by atoms with Crippen LogP contribution in [0, 0.1) is 0 Å². The average Bonchev–Trinajstić information content (AvgIpc) is 2.25. The highest BCUT2D eigenvalue weighted by atomic mass is 16.4. The summed E-state index contributed by atoms with van der Waals surface area (Å²) in [6, 6.07) is 8.87. The fourth-order valence-corrected chi connectivity index (χ4v) is 1.38. The molecular weight excluding hydrogens is 208 g/mol. The van der Waals surface area contributed by atoms with Crippen LogP contribution in [0.5, 0.6) is 0 Å². The number of carboxylic acid groups (broad SMARTS) is 2. The van der Waals surface area contributed by atoms with Crippen molar-refractivity contribution in [3.63, 3.8) is 0 Å². The van der Waals surface area contributed by atoms with Gasteiger partial charge in [0.2, 0.25) is 0 Å². The Bertz CT molecular complexity index is 432. The zero-order valence-corrected chi connectivity index (χ0v) is 8.80. The molecule has 0 spiro atoms. The maximum atomic E-state index is 10.9. The lowest BCUT2D eigenvalue weighted by atomic mass is 9.99. The smallest absolute Gasteiger partial charge is 0.332 e. The summed E-state index contributed by atoms with van der Waals surface area (Å²) in [5, 5.41) is 17.6. The highest BCUT2D eigenvalue weighted by Crippen LogP contribution is 2.20. The third-order valence-corrected chi connectivity index (χ3v) is 2.25. The highest BCUT2D eigenvalue weighted by molar-refractivity contribution is 5.99. The summed E-state index contributed by atoms with van der Waals surface area (Å²) in [6.07, 6.45) is -0.476. The first kappa shape index (κ1) is 12.0. The molecule has 0 heterocycles. The molecule has 84 valence electrons. The zero-order chi connectivity index (χ0) is 12.1. The summed E-state index contributed by atoms with van der Waals surface area (Å²) in [7, 11) is 0. The Morgan fingerprint density at radius 3 is 2.12 bits per heavy atom. The number of allylic oxidation sites excluding steroid dienone is 1. The molecule has 0 saturated heterocycles. The van der Waals surface area contributed by atoms with Gasteiger partial charge in [-0.15, -0.1) is 0 Å². The molecule has 0 aliphatic rings. The second kappa shape index (κ2) is 5.11. The fraction of sp³-hybridized carbons (Fsp3) is 0.167. The quantitative estimate of drug-likeness (QED) is 0.761. The van der Waals surface area contributed by atoms with Crippen molar-refractivity contribution < 1.29 is 19.8 Å². The van der Waals surface area contributed by atoms with Gasteiger partial charge < -0.3 is 10.2 Å². The van der Waals surface area contributed by atoms with Crippen LogP contribution in [0.2, 0.25) is 0 Å². The van der Waals surface area contributed by atoms with Crippen LogP contribution in [0.25, 0.3) is 5.57 Å². The van der Waals surface area contributed by atoms with Crippen LogP contribution < -0.4 is 0 Å². The van der Waals surface area contributed by atoms with E-state index >= 15 is 0 Å². The van der Waals surface area contributed by atoms with Gasteiger partial charge in [0.1, 0.15) is 0 Å². The van der Waals surface area contributed by atoms with Crippen LogP contribution in [-0.4, -0.2) is 22.2 Å². The molecule has 0 aliphatic carbocycles. The third-order valence-electron chi connectivity index (χ3n) is 2.25. The lowest BCUT2D eigenvalue weighted by molar-refractivity contribution is -0.139. The number of carbonyl (C=O) groups is 2. The molecule has 16 heavy (non-hydrogen) atoms. The van der Waals surface area contributed by atoms with Gasteiger partial charge in [0.15, 0.2) is 0 Å². The van der Waals surface area contributed by atoms with Crippen molar-refractivity contribution in [2.75, 3.05) is 0 Å². The molecular formula is C12H12O4. The summed E-state index contributed by atoms with van der Waals surface area (Å²) in [5.41, 5.74) is 1.12. The topological polar surface area (TPSA) is 74.6 Å². The van der Waals surface area contributed by atoms with Gasteiger partial charge in [0.25, 0.3) is 0 Å². The van der Waals surface area contributed by atoms with Crippen molar-refractivity contribution in [1.82, 2.24) is 0 Å². The minimum absolute atomic E-state index is 0.0845. The minimum Gasteiger partial charge on any atom is -0.481 e. The van der Waals surface area contributed by atoms with E-state index in [9.17, 15) is 9.59 Å². The maximum Gasteiger partial charge on any atom is 0.332 e. The molecule has 0 radical (unpaired) electrons. The minimum atomic E-state index is -1.19. The van der Waals surface area contributed by atoms with E-state index in [1.54, 1.807) is 31.2 Å². The van der Waals surface area contributed by atoms with Crippen molar-refractivity contribution in [1.29, 1.82) is 0 Å². The van der Waals surface area contributed by atoms with Gasteiger partial charge in [0, 0.05) is 0 Å². The second-order valence-corrected chi connectivity index (χ2v) is 3.35. The Balaban J connectivity index is 3.16. The largest absolute Gasteiger partial charge is 0.481 e. The molecule has 4 heteroatoms. The van der Waals surface area contributed by atoms with Crippen LogP contribution in [0.3, 0.4) is 0 Å². The summed E-state index contributed by atoms with van der Waals surface area (Å²) >= 11 is 0. The molecule has 4 nitrogen and oxygen atoms in total. The fourth-order valence-electron chi connectivity index (χ4n) is 1.38. The number of carboxylic acids is 2. The molecule has 1 aromatic rings. The average molecular weight is 220 g/mol. The molecule has 0 saturated carbocycles. The lowest BCUT2D eigenvalue weighted by Crippen LogP contribution is -2.08. The molecule has 2 N–H and O–H groups in total. The van der Waals surface area contributed by atoms with Crippen molar-refractivity contribution in [3.8, 4) is 0 Å². The molecule has 1 rings (SSSR count). The van der Waals surface area contributed by atoms with Crippen LogP contribution >= 0.6 is 0 Å².